The number of carbonyl (C=O) groups is 2. The van der Waals surface area contributed by atoms with Gasteiger partial charge in [0.1, 0.15) is 11.6 Å². The summed E-state index contributed by atoms with van der Waals surface area (Å²) in [5.41, 5.74) is 0.181. The van der Waals surface area contributed by atoms with Crippen LogP contribution in [0, 0.1) is 11.6 Å². The van der Waals surface area contributed by atoms with Gasteiger partial charge in [-0.05, 0) is 49.2 Å². The Labute approximate surface area is 194 Å². The van der Waals surface area contributed by atoms with E-state index in [2.05, 4.69) is 5.10 Å². The average Bonchev–Trinajstić information content (AvgIpc) is 2.77. The molecule has 9 heteroatoms. The molecule has 1 aliphatic rings. The number of hydrogen-bond donors (Lipinski definition) is 0. The summed E-state index contributed by atoms with van der Waals surface area (Å²) >= 11 is 0. The summed E-state index contributed by atoms with van der Waals surface area (Å²) < 4.78 is 35.0. The first-order valence-electron chi connectivity index (χ1n) is 10.8. The van der Waals surface area contributed by atoms with Crippen molar-refractivity contribution in [3.63, 3.8) is 0 Å². The van der Waals surface area contributed by atoms with Crippen LogP contribution in [-0.2, 0) is 4.79 Å². The number of esters is 1. The summed E-state index contributed by atoms with van der Waals surface area (Å²) in [6, 6.07) is 10.9. The first-order chi connectivity index (χ1) is 16.2. The number of aromatic nitrogens is 2. The Morgan fingerprint density at radius 2 is 1.65 bits per heavy atom. The van der Waals surface area contributed by atoms with Gasteiger partial charge in [-0.2, -0.15) is 5.10 Å². The molecule has 2 heterocycles. The molecule has 7 nitrogen and oxygen atoms in total. The molecule has 0 radical (unpaired) electrons. The second-order valence-electron chi connectivity index (χ2n) is 8.43. The van der Waals surface area contributed by atoms with E-state index in [1.165, 1.54) is 33.8 Å². The van der Waals surface area contributed by atoms with Gasteiger partial charge in [0, 0.05) is 25.4 Å². The van der Waals surface area contributed by atoms with Crippen molar-refractivity contribution in [3.05, 3.63) is 93.4 Å². The fraction of sp³-hybridized carbons (Fsp3) is 0.280. The molecule has 34 heavy (non-hydrogen) atoms. The second-order valence-corrected chi connectivity index (χ2v) is 8.43. The first-order valence-corrected chi connectivity index (χ1v) is 10.8. The predicted octanol–water partition coefficient (Wildman–Crippen LogP) is 3.68. The van der Waals surface area contributed by atoms with Crippen LogP contribution in [0.4, 0.5) is 8.78 Å². The summed E-state index contributed by atoms with van der Waals surface area (Å²) in [4.78, 5) is 39.1. The van der Waals surface area contributed by atoms with Gasteiger partial charge in [0.15, 0.2) is 5.69 Å². The maximum Gasteiger partial charge on any atom is 0.308 e. The van der Waals surface area contributed by atoms with Crippen LogP contribution in [0.15, 0.2) is 59.5 Å². The predicted molar refractivity (Wildman–Crippen MR) is 120 cm³/mol. The standard InChI is InChI=1S/C25H23F2N3O4/c1-14(2)29-13-20(30-23(25(29)33)24(34-15(3)31)21(32)12-28-30)22(16-6-4-8-18(26)10-16)17-7-5-9-19(27)11-17/h4-12,14,20,22H,13H2,1-3H3. The topological polar surface area (TPSA) is 81.5 Å². The molecule has 1 unspecified atom stereocenters. The van der Waals surface area contributed by atoms with E-state index >= 15 is 0 Å². The van der Waals surface area contributed by atoms with Crippen LogP contribution in [0.2, 0.25) is 0 Å². The summed E-state index contributed by atoms with van der Waals surface area (Å²) in [6.07, 6.45) is 0.974. The van der Waals surface area contributed by atoms with Gasteiger partial charge < -0.3 is 9.64 Å². The van der Waals surface area contributed by atoms with Crippen LogP contribution < -0.4 is 10.2 Å². The monoisotopic (exact) mass is 467 g/mol. The highest BCUT2D eigenvalue weighted by molar-refractivity contribution is 5.96. The molecule has 0 N–H and O–H groups in total. The molecular weight excluding hydrogens is 444 g/mol. The number of halogens is 2. The van der Waals surface area contributed by atoms with Gasteiger partial charge >= 0.3 is 5.97 Å². The van der Waals surface area contributed by atoms with Crippen molar-refractivity contribution in [3.8, 4) is 5.75 Å². The normalized spacial score (nSPS) is 15.6. The van der Waals surface area contributed by atoms with E-state index in [1.54, 1.807) is 24.3 Å². The van der Waals surface area contributed by atoms with Gasteiger partial charge in [0.05, 0.1) is 12.2 Å². The first kappa shape index (κ1) is 23.3. The van der Waals surface area contributed by atoms with Crippen molar-refractivity contribution >= 4 is 11.9 Å². The lowest BCUT2D eigenvalue weighted by atomic mass is 9.83. The lowest BCUT2D eigenvalue weighted by Gasteiger charge is -2.41. The molecule has 2 aromatic carbocycles. The van der Waals surface area contributed by atoms with Gasteiger partial charge in [-0.3, -0.25) is 19.1 Å². The van der Waals surface area contributed by atoms with Crippen LogP contribution >= 0.6 is 0 Å². The maximum atomic E-state index is 14.3. The number of fused-ring (bicyclic) bond motifs is 1. The molecule has 1 atom stereocenters. The van der Waals surface area contributed by atoms with E-state index in [0.717, 1.165) is 13.1 Å². The van der Waals surface area contributed by atoms with E-state index in [-0.39, 0.29) is 18.3 Å². The largest absolute Gasteiger partial charge is 0.420 e. The Hall–Kier alpha value is -3.88. The zero-order valence-electron chi connectivity index (χ0n) is 18.9. The van der Waals surface area contributed by atoms with E-state index < -0.39 is 46.6 Å². The SMILES string of the molecule is CC(=O)Oc1c2n(ncc1=O)C(C(c1cccc(F)c1)c1cccc(F)c1)CN(C(C)C)C2=O. The molecule has 0 fully saturated rings. The molecule has 0 saturated heterocycles. The van der Waals surface area contributed by atoms with Crippen molar-refractivity contribution in [2.75, 3.05) is 6.54 Å². The Morgan fingerprint density at radius 3 is 2.15 bits per heavy atom. The third kappa shape index (κ3) is 4.33. The average molecular weight is 467 g/mol. The molecule has 3 aromatic rings. The fourth-order valence-electron chi connectivity index (χ4n) is 4.37. The smallest absolute Gasteiger partial charge is 0.308 e. The minimum absolute atomic E-state index is 0.149. The second kappa shape index (κ2) is 9.17. The summed E-state index contributed by atoms with van der Waals surface area (Å²) in [7, 11) is 0. The van der Waals surface area contributed by atoms with Gasteiger partial charge in [0.25, 0.3) is 5.91 Å². The number of nitrogens with zero attached hydrogens (tertiary/aromatic N) is 3. The van der Waals surface area contributed by atoms with Gasteiger partial charge in [-0.15, -0.1) is 0 Å². The molecular formula is C25H23F2N3O4. The van der Waals surface area contributed by atoms with Crippen molar-refractivity contribution in [1.82, 2.24) is 14.7 Å². The van der Waals surface area contributed by atoms with Gasteiger partial charge in [-0.1, -0.05) is 24.3 Å². The van der Waals surface area contributed by atoms with Crippen molar-refractivity contribution in [2.24, 2.45) is 0 Å². The molecule has 1 aromatic heterocycles. The van der Waals surface area contributed by atoms with Crippen LogP contribution in [0.5, 0.6) is 5.75 Å². The third-order valence-corrected chi connectivity index (χ3v) is 5.80. The van der Waals surface area contributed by atoms with Crippen LogP contribution in [0.25, 0.3) is 0 Å². The number of hydrogen-bond acceptors (Lipinski definition) is 5. The van der Waals surface area contributed by atoms with Crippen LogP contribution in [-0.4, -0.2) is 39.1 Å². The molecule has 1 aliphatic heterocycles. The van der Waals surface area contributed by atoms with Crippen molar-refractivity contribution in [2.45, 2.75) is 38.8 Å². The fourth-order valence-corrected chi connectivity index (χ4v) is 4.37. The van der Waals surface area contributed by atoms with Gasteiger partial charge in [0.2, 0.25) is 11.2 Å². The van der Waals surface area contributed by atoms with E-state index in [9.17, 15) is 23.2 Å². The molecule has 0 saturated carbocycles. The van der Waals surface area contributed by atoms with E-state index in [0.29, 0.717) is 11.1 Å². The highest BCUT2D eigenvalue weighted by atomic mass is 19.1. The molecule has 0 bridgehead atoms. The molecule has 176 valence electrons. The quantitative estimate of drug-likeness (QED) is 0.535. The highest BCUT2D eigenvalue weighted by Crippen LogP contribution is 2.40. The highest BCUT2D eigenvalue weighted by Gasteiger charge is 2.41. The number of ether oxygens (including phenoxy) is 1. The number of benzene rings is 2. The number of carbonyl (C=O) groups excluding carboxylic acids is 2. The maximum absolute atomic E-state index is 14.3. The summed E-state index contributed by atoms with van der Waals surface area (Å²) in [6.45, 7) is 4.90. The summed E-state index contributed by atoms with van der Waals surface area (Å²) in [5.74, 6) is -3.28. The Balaban J connectivity index is 2.00. The van der Waals surface area contributed by atoms with E-state index in [1.807, 2.05) is 13.8 Å². The van der Waals surface area contributed by atoms with Crippen LogP contribution in [0.3, 0.4) is 0 Å². The Kier molecular flexibility index (Phi) is 6.28. The molecule has 0 aliphatic carbocycles. The van der Waals surface area contributed by atoms with Crippen LogP contribution in [0.1, 0.15) is 54.3 Å². The Bertz CT molecular complexity index is 1280. The molecule has 0 spiro atoms. The Morgan fingerprint density at radius 1 is 1.06 bits per heavy atom. The zero-order chi connectivity index (χ0) is 24.6. The van der Waals surface area contributed by atoms with E-state index in [4.69, 9.17) is 4.74 Å². The lowest BCUT2D eigenvalue weighted by Crippen LogP contribution is -2.50. The third-order valence-electron chi connectivity index (χ3n) is 5.80. The molecule has 1 amide bonds. The summed E-state index contributed by atoms with van der Waals surface area (Å²) in [5, 5.41) is 4.21. The lowest BCUT2D eigenvalue weighted by molar-refractivity contribution is -0.132. The zero-order valence-corrected chi connectivity index (χ0v) is 18.9. The van der Waals surface area contributed by atoms with Crippen molar-refractivity contribution in [1.29, 1.82) is 0 Å². The minimum atomic E-state index is -0.760. The number of rotatable bonds is 5. The van der Waals surface area contributed by atoms with Crippen molar-refractivity contribution < 1.29 is 23.1 Å². The molecule has 4 rings (SSSR count). The minimum Gasteiger partial charge on any atom is -0.420 e. The number of amides is 1. The van der Waals surface area contributed by atoms with Gasteiger partial charge in [-0.25, -0.2) is 8.78 Å².